The molecule has 1 fully saturated rings. The molecule has 2 heterocycles. The average Bonchev–Trinajstić information content (AvgIpc) is 2.88. The number of aromatic nitrogens is 2. The first-order valence-electron chi connectivity index (χ1n) is 8.49. The zero-order valence-corrected chi connectivity index (χ0v) is 15.6. The number of rotatable bonds is 3. The molecule has 2 aromatic heterocycles. The summed E-state index contributed by atoms with van der Waals surface area (Å²) in [6.07, 6.45) is 7.49. The highest BCUT2D eigenvalue weighted by Gasteiger charge is 2.26. The molecule has 2 unspecified atom stereocenters. The second-order valence-electron chi connectivity index (χ2n) is 6.66. The minimum Gasteiger partial charge on any atom is -0.348 e. The van der Waals surface area contributed by atoms with Crippen LogP contribution in [0.5, 0.6) is 0 Å². The number of aryl methyl sites for hydroxylation is 2. The van der Waals surface area contributed by atoms with Crippen LogP contribution in [0.1, 0.15) is 61.3 Å². The number of nitrogens with one attached hydrogen (secondary N) is 1. The van der Waals surface area contributed by atoms with Crippen LogP contribution in [-0.2, 0) is 6.42 Å². The molecule has 2 atom stereocenters. The second kappa shape index (κ2) is 6.63. The third-order valence-electron chi connectivity index (χ3n) is 4.86. The van der Waals surface area contributed by atoms with Gasteiger partial charge in [0, 0.05) is 12.2 Å². The predicted octanol–water partition coefficient (Wildman–Crippen LogP) is 4.28. The van der Waals surface area contributed by atoms with Crippen molar-refractivity contribution in [2.75, 3.05) is 0 Å². The second-order valence-corrected chi connectivity index (χ2v) is 7.52. The van der Waals surface area contributed by atoms with E-state index in [0.717, 1.165) is 34.2 Å². The molecule has 5 heteroatoms. The van der Waals surface area contributed by atoms with E-state index in [1.165, 1.54) is 19.3 Å². The van der Waals surface area contributed by atoms with Crippen molar-refractivity contribution in [3.63, 3.8) is 0 Å². The van der Waals surface area contributed by atoms with Gasteiger partial charge in [-0.05, 0) is 59.7 Å². The Bertz CT molecular complexity index is 737. The van der Waals surface area contributed by atoms with Crippen LogP contribution in [0.25, 0.3) is 5.65 Å². The summed E-state index contributed by atoms with van der Waals surface area (Å²) in [7, 11) is 0. The molecule has 4 nitrogen and oxygen atoms in total. The molecule has 0 aromatic carbocycles. The Balaban J connectivity index is 1.99. The highest BCUT2D eigenvalue weighted by molar-refractivity contribution is 9.10. The lowest BCUT2D eigenvalue weighted by Crippen LogP contribution is -2.41. The van der Waals surface area contributed by atoms with Crippen LogP contribution >= 0.6 is 15.9 Å². The van der Waals surface area contributed by atoms with Crippen molar-refractivity contribution in [1.29, 1.82) is 0 Å². The number of halogens is 1. The number of carbonyl (C=O) groups is 1. The van der Waals surface area contributed by atoms with Crippen molar-refractivity contribution in [3.8, 4) is 0 Å². The monoisotopic (exact) mass is 377 g/mol. The third-order valence-corrected chi connectivity index (χ3v) is 5.45. The molecule has 1 saturated carbocycles. The maximum atomic E-state index is 12.9. The minimum atomic E-state index is 0.00519. The molecule has 1 aliphatic rings. The molecule has 0 radical (unpaired) electrons. The number of pyridine rings is 1. The molecule has 0 aliphatic heterocycles. The normalized spacial score (nSPS) is 21.6. The lowest BCUT2D eigenvalue weighted by Gasteiger charge is -2.29. The molecule has 3 rings (SSSR count). The Labute approximate surface area is 145 Å². The number of carbonyl (C=O) groups excluding carboxylic acids is 1. The van der Waals surface area contributed by atoms with E-state index in [-0.39, 0.29) is 11.9 Å². The highest BCUT2D eigenvalue weighted by Crippen LogP contribution is 2.26. The quantitative estimate of drug-likeness (QED) is 0.867. The molecule has 1 amide bonds. The zero-order chi connectivity index (χ0) is 16.6. The molecule has 0 saturated heterocycles. The van der Waals surface area contributed by atoms with E-state index in [9.17, 15) is 4.79 Å². The van der Waals surface area contributed by atoms with Crippen LogP contribution in [-0.4, -0.2) is 21.3 Å². The molecule has 1 N–H and O–H groups in total. The summed E-state index contributed by atoms with van der Waals surface area (Å²) in [5, 5.41) is 3.26. The van der Waals surface area contributed by atoms with Gasteiger partial charge in [0.15, 0.2) is 5.65 Å². The first-order chi connectivity index (χ1) is 11.0. The van der Waals surface area contributed by atoms with Gasteiger partial charge in [0.05, 0.1) is 10.2 Å². The molecular formula is C18H24BrN3O. The molecule has 23 heavy (non-hydrogen) atoms. The van der Waals surface area contributed by atoms with Gasteiger partial charge in [-0.25, -0.2) is 4.98 Å². The standard InChI is InChI=1S/C18H24BrN3O/c1-4-14-16(18(23)21-15-8-6-5-7-12(15)3)22-10-11(2)9-13(19)17(22)20-14/h9-10,12,15H,4-8H2,1-3H3,(H,21,23). The fourth-order valence-electron chi connectivity index (χ4n) is 3.53. The van der Waals surface area contributed by atoms with Crippen LogP contribution in [0.4, 0.5) is 0 Å². The highest BCUT2D eigenvalue weighted by atomic mass is 79.9. The summed E-state index contributed by atoms with van der Waals surface area (Å²) in [6, 6.07) is 2.31. The van der Waals surface area contributed by atoms with Crippen LogP contribution < -0.4 is 5.32 Å². The van der Waals surface area contributed by atoms with Crippen molar-refractivity contribution < 1.29 is 4.79 Å². The lowest BCUT2D eigenvalue weighted by molar-refractivity contribution is 0.0903. The smallest absolute Gasteiger partial charge is 0.270 e. The summed E-state index contributed by atoms with van der Waals surface area (Å²) < 4.78 is 2.86. The van der Waals surface area contributed by atoms with Gasteiger partial charge in [0.1, 0.15) is 5.69 Å². The van der Waals surface area contributed by atoms with Crippen molar-refractivity contribution >= 4 is 27.5 Å². The summed E-state index contributed by atoms with van der Waals surface area (Å²) in [6.45, 7) is 6.31. The average molecular weight is 378 g/mol. The van der Waals surface area contributed by atoms with Crippen molar-refractivity contribution in [2.45, 2.75) is 58.9 Å². The summed E-state index contributed by atoms with van der Waals surface area (Å²) in [5.41, 5.74) is 3.46. The number of hydrogen-bond acceptors (Lipinski definition) is 2. The Kier molecular flexibility index (Phi) is 4.76. The maximum Gasteiger partial charge on any atom is 0.270 e. The summed E-state index contributed by atoms with van der Waals surface area (Å²) in [4.78, 5) is 17.6. The van der Waals surface area contributed by atoms with Gasteiger partial charge in [-0.2, -0.15) is 0 Å². The Morgan fingerprint density at radius 2 is 2.17 bits per heavy atom. The van der Waals surface area contributed by atoms with E-state index in [4.69, 9.17) is 0 Å². The van der Waals surface area contributed by atoms with E-state index in [2.05, 4.69) is 33.2 Å². The van der Waals surface area contributed by atoms with E-state index in [1.807, 2.05) is 30.5 Å². The fourth-order valence-corrected chi connectivity index (χ4v) is 4.17. The van der Waals surface area contributed by atoms with Gasteiger partial charge in [-0.1, -0.05) is 26.7 Å². The first-order valence-corrected chi connectivity index (χ1v) is 9.28. The lowest BCUT2D eigenvalue weighted by atomic mass is 9.86. The van der Waals surface area contributed by atoms with Gasteiger partial charge in [-0.3, -0.25) is 9.20 Å². The van der Waals surface area contributed by atoms with Gasteiger partial charge in [0.2, 0.25) is 0 Å². The largest absolute Gasteiger partial charge is 0.348 e. The maximum absolute atomic E-state index is 12.9. The number of nitrogens with zero attached hydrogens (tertiary/aromatic N) is 2. The van der Waals surface area contributed by atoms with Crippen LogP contribution in [0.15, 0.2) is 16.7 Å². The van der Waals surface area contributed by atoms with Crippen molar-refractivity contribution in [1.82, 2.24) is 14.7 Å². The number of hydrogen-bond donors (Lipinski definition) is 1. The van der Waals surface area contributed by atoms with E-state index in [1.54, 1.807) is 0 Å². The van der Waals surface area contributed by atoms with Gasteiger partial charge < -0.3 is 5.32 Å². The third kappa shape index (κ3) is 3.16. The summed E-state index contributed by atoms with van der Waals surface area (Å²) in [5.74, 6) is 0.552. The Morgan fingerprint density at radius 3 is 2.87 bits per heavy atom. The van der Waals surface area contributed by atoms with Gasteiger partial charge in [-0.15, -0.1) is 0 Å². The molecule has 1 aliphatic carbocycles. The van der Waals surface area contributed by atoms with E-state index < -0.39 is 0 Å². The topological polar surface area (TPSA) is 46.4 Å². The van der Waals surface area contributed by atoms with Gasteiger partial charge >= 0.3 is 0 Å². The minimum absolute atomic E-state index is 0.00519. The van der Waals surface area contributed by atoms with Crippen LogP contribution in [0.2, 0.25) is 0 Å². The number of imidazole rings is 1. The van der Waals surface area contributed by atoms with Gasteiger partial charge in [0.25, 0.3) is 5.91 Å². The molecule has 124 valence electrons. The fraction of sp³-hybridized carbons (Fsp3) is 0.556. The Hall–Kier alpha value is -1.36. The van der Waals surface area contributed by atoms with E-state index >= 15 is 0 Å². The number of fused-ring (bicyclic) bond motifs is 1. The van der Waals surface area contributed by atoms with Crippen LogP contribution in [0.3, 0.4) is 0 Å². The molecular weight excluding hydrogens is 354 g/mol. The van der Waals surface area contributed by atoms with E-state index in [0.29, 0.717) is 11.6 Å². The summed E-state index contributed by atoms with van der Waals surface area (Å²) >= 11 is 3.57. The molecule has 2 aromatic rings. The molecule has 0 spiro atoms. The predicted molar refractivity (Wildman–Crippen MR) is 95.9 cm³/mol. The Morgan fingerprint density at radius 1 is 1.43 bits per heavy atom. The first kappa shape index (κ1) is 16.5. The van der Waals surface area contributed by atoms with Crippen molar-refractivity contribution in [2.24, 2.45) is 5.92 Å². The number of amides is 1. The SMILES string of the molecule is CCc1nc2c(Br)cc(C)cn2c1C(=O)NC1CCCCC1C. The van der Waals surface area contributed by atoms with Crippen LogP contribution in [0, 0.1) is 12.8 Å². The van der Waals surface area contributed by atoms with Crippen molar-refractivity contribution in [3.05, 3.63) is 33.7 Å². The zero-order valence-electron chi connectivity index (χ0n) is 14.0. The molecule has 0 bridgehead atoms.